The maximum absolute atomic E-state index is 12.6. The SMILES string of the molecule is O=C(O)c1cc2ccccc2nc1S(=O)(=O)Cc1ccccc1. The van der Waals surface area contributed by atoms with Gasteiger partial charge in [0.05, 0.1) is 16.8 Å². The molecule has 0 aliphatic carbocycles. The van der Waals surface area contributed by atoms with E-state index in [4.69, 9.17) is 0 Å². The third-order valence-corrected chi connectivity index (χ3v) is 5.03. The van der Waals surface area contributed by atoms with E-state index in [1.54, 1.807) is 54.6 Å². The van der Waals surface area contributed by atoms with Gasteiger partial charge in [-0.3, -0.25) is 0 Å². The quantitative estimate of drug-likeness (QED) is 0.796. The van der Waals surface area contributed by atoms with Gasteiger partial charge in [0.1, 0.15) is 0 Å². The van der Waals surface area contributed by atoms with Crippen molar-refractivity contribution < 1.29 is 18.3 Å². The number of hydrogen-bond acceptors (Lipinski definition) is 4. The molecule has 0 atom stereocenters. The molecule has 1 N–H and O–H groups in total. The van der Waals surface area contributed by atoms with Crippen molar-refractivity contribution in [3.63, 3.8) is 0 Å². The highest BCUT2D eigenvalue weighted by Crippen LogP contribution is 2.23. The summed E-state index contributed by atoms with van der Waals surface area (Å²) in [7, 11) is -3.87. The van der Waals surface area contributed by atoms with E-state index in [0.29, 0.717) is 16.5 Å². The Hall–Kier alpha value is -2.73. The first-order valence-corrected chi connectivity index (χ1v) is 8.52. The largest absolute Gasteiger partial charge is 0.478 e. The smallest absolute Gasteiger partial charge is 0.338 e. The zero-order chi connectivity index (χ0) is 16.4. The van der Waals surface area contributed by atoms with Crippen LogP contribution in [0.5, 0.6) is 0 Å². The van der Waals surface area contributed by atoms with Gasteiger partial charge in [0.15, 0.2) is 5.03 Å². The van der Waals surface area contributed by atoms with Gasteiger partial charge in [0.2, 0.25) is 9.84 Å². The van der Waals surface area contributed by atoms with Gasteiger partial charge in [0.25, 0.3) is 0 Å². The Morgan fingerprint density at radius 2 is 1.65 bits per heavy atom. The van der Waals surface area contributed by atoms with Crippen LogP contribution < -0.4 is 0 Å². The third kappa shape index (κ3) is 3.07. The third-order valence-electron chi connectivity index (χ3n) is 3.41. The Morgan fingerprint density at radius 3 is 2.35 bits per heavy atom. The van der Waals surface area contributed by atoms with Crippen LogP contribution in [0.1, 0.15) is 15.9 Å². The second-order valence-corrected chi connectivity index (χ2v) is 6.99. The number of carbonyl (C=O) groups is 1. The van der Waals surface area contributed by atoms with E-state index in [0.717, 1.165) is 0 Å². The molecule has 5 nitrogen and oxygen atoms in total. The molecule has 0 saturated carbocycles. The standard InChI is InChI=1S/C17H13NO4S/c19-17(20)14-10-13-8-4-5-9-15(13)18-16(14)23(21,22)11-12-6-2-1-3-7-12/h1-10H,11H2,(H,19,20). The minimum absolute atomic E-state index is 0.292. The van der Waals surface area contributed by atoms with Crippen LogP contribution in [-0.4, -0.2) is 24.5 Å². The predicted molar refractivity (Wildman–Crippen MR) is 86.0 cm³/mol. The number of carboxylic acid groups (broad SMARTS) is 1. The summed E-state index contributed by atoms with van der Waals surface area (Å²) in [5.74, 6) is -1.60. The lowest BCUT2D eigenvalue weighted by Crippen LogP contribution is -2.13. The summed E-state index contributed by atoms with van der Waals surface area (Å²) in [4.78, 5) is 15.6. The van der Waals surface area contributed by atoms with E-state index in [1.165, 1.54) is 6.07 Å². The number of aromatic carboxylic acids is 1. The van der Waals surface area contributed by atoms with Crippen LogP contribution in [0.15, 0.2) is 65.7 Å². The fourth-order valence-electron chi connectivity index (χ4n) is 2.35. The average molecular weight is 327 g/mol. The normalized spacial score (nSPS) is 11.5. The van der Waals surface area contributed by atoms with E-state index < -0.39 is 20.8 Å². The molecular weight excluding hydrogens is 314 g/mol. The van der Waals surface area contributed by atoms with Gasteiger partial charge in [-0.2, -0.15) is 0 Å². The van der Waals surface area contributed by atoms with Gasteiger partial charge in [0, 0.05) is 5.39 Å². The first kappa shape index (κ1) is 15.2. The molecule has 0 saturated heterocycles. The van der Waals surface area contributed by atoms with Crippen LogP contribution in [0.3, 0.4) is 0 Å². The van der Waals surface area contributed by atoms with Crippen molar-refractivity contribution in [2.75, 3.05) is 0 Å². The second-order valence-electron chi connectivity index (χ2n) is 5.08. The van der Waals surface area contributed by atoms with E-state index in [9.17, 15) is 18.3 Å². The van der Waals surface area contributed by atoms with Crippen molar-refractivity contribution in [3.05, 3.63) is 71.8 Å². The summed E-state index contributed by atoms with van der Waals surface area (Å²) in [6.45, 7) is 0. The molecule has 0 amide bonds. The van der Waals surface area contributed by atoms with Gasteiger partial charge >= 0.3 is 5.97 Å². The minimum Gasteiger partial charge on any atom is -0.478 e. The molecule has 0 unspecified atom stereocenters. The lowest BCUT2D eigenvalue weighted by molar-refractivity contribution is 0.0692. The number of para-hydroxylation sites is 1. The number of aromatic nitrogens is 1. The van der Waals surface area contributed by atoms with Crippen molar-refractivity contribution in [2.45, 2.75) is 10.8 Å². The van der Waals surface area contributed by atoms with E-state index in [2.05, 4.69) is 4.98 Å². The van der Waals surface area contributed by atoms with Crippen molar-refractivity contribution >= 4 is 26.7 Å². The number of carboxylic acids is 1. The van der Waals surface area contributed by atoms with Crippen LogP contribution in [0.2, 0.25) is 0 Å². The first-order valence-electron chi connectivity index (χ1n) is 6.87. The van der Waals surface area contributed by atoms with Crippen LogP contribution in [0.4, 0.5) is 0 Å². The molecule has 116 valence electrons. The van der Waals surface area contributed by atoms with E-state index in [1.807, 2.05) is 0 Å². The van der Waals surface area contributed by atoms with Crippen LogP contribution in [0.25, 0.3) is 10.9 Å². The molecule has 0 aliphatic heterocycles. The van der Waals surface area contributed by atoms with Crippen LogP contribution >= 0.6 is 0 Å². The summed E-state index contributed by atoms with van der Waals surface area (Å²) in [6.07, 6.45) is 0. The molecule has 0 bridgehead atoms. The fourth-order valence-corrected chi connectivity index (χ4v) is 3.84. The summed E-state index contributed by atoms with van der Waals surface area (Å²) < 4.78 is 25.3. The highest BCUT2D eigenvalue weighted by atomic mass is 32.2. The average Bonchev–Trinajstić information content (AvgIpc) is 2.54. The zero-order valence-electron chi connectivity index (χ0n) is 12.0. The fraction of sp³-hybridized carbons (Fsp3) is 0.0588. The summed E-state index contributed by atoms with van der Waals surface area (Å²) in [6, 6.07) is 16.8. The zero-order valence-corrected chi connectivity index (χ0v) is 12.8. The number of hydrogen-bond donors (Lipinski definition) is 1. The number of sulfone groups is 1. The Labute approximate surface area is 133 Å². The Balaban J connectivity index is 2.17. The van der Waals surface area contributed by atoms with E-state index in [-0.39, 0.29) is 11.3 Å². The second kappa shape index (κ2) is 5.81. The maximum atomic E-state index is 12.6. The van der Waals surface area contributed by atoms with Gasteiger partial charge < -0.3 is 5.11 Å². The molecule has 6 heteroatoms. The monoisotopic (exact) mass is 327 g/mol. The van der Waals surface area contributed by atoms with Crippen molar-refractivity contribution in [2.24, 2.45) is 0 Å². The molecule has 3 rings (SSSR count). The number of rotatable bonds is 4. The summed E-state index contributed by atoms with van der Waals surface area (Å²) in [5, 5.41) is 9.54. The minimum atomic E-state index is -3.87. The predicted octanol–water partition coefficient (Wildman–Crippen LogP) is 2.91. The van der Waals surface area contributed by atoms with Gasteiger partial charge in [-0.05, 0) is 17.7 Å². The van der Waals surface area contributed by atoms with Gasteiger partial charge in [-0.15, -0.1) is 0 Å². The molecular formula is C17H13NO4S. The van der Waals surface area contributed by atoms with E-state index >= 15 is 0 Å². The molecule has 0 spiro atoms. The summed E-state index contributed by atoms with van der Waals surface area (Å²) >= 11 is 0. The first-order chi connectivity index (χ1) is 11.0. The Bertz CT molecular complexity index is 982. The Kier molecular flexibility index (Phi) is 3.83. The topological polar surface area (TPSA) is 84.3 Å². The summed E-state index contributed by atoms with van der Waals surface area (Å²) in [5.41, 5.74) is 0.725. The van der Waals surface area contributed by atoms with Crippen molar-refractivity contribution in [1.29, 1.82) is 0 Å². The number of benzene rings is 2. The Morgan fingerprint density at radius 1 is 1.00 bits per heavy atom. The molecule has 1 aromatic heterocycles. The lowest BCUT2D eigenvalue weighted by atomic mass is 10.1. The lowest BCUT2D eigenvalue weighted by Gasteiger charge is -2.09. The molecule has 2 aromatic carbocycles. The maximum Gasteiger partial charge on any atom is 0.338 e. The molecule has 0 fully saturated rings. The number of fused-ring (bicyclic) bond motifs is 1. The molecule has 23 heavy (non-hydrogen) atoms. The highest BCUT2D eigenvalue weighted by molar-refractivity contribution is 7.90. The highest BCUT2D eigenvalue weighted by Gasteiger charge is 2.25. The van der Waals surface area contributed by atoms with Crippen LogP contribution in [-0.2, 0) is 15.6 Å². The number of pyridine rings is 1. The number of nitrogens with zero attached hydrogens (tertiary/aromatic N) is 1. The van der Waals surface area contributed by atoms with Gasteiger partial charge in [-0.25, -0.2) is 18.2 Å². The van der Waals surface area contributed by atoms with Crippen molar-refractivity contribution in [3.8, 4) is 0 Å². The molecule has 1 heterocycles. The molecule has 3 aromatic rings. The van der Waals surface area contributed by atoms with Crippen molar-refractivity contribution in [1.82, 2.24) is 4.98 Å². The molecule has 0 aliphatic rings. The van der Waals surface area contributed by atoms with Gasteiger partial charge in [-0.1, -0.05) is 48.5 Å². The van der Waals surface area contributed by atoms with Crippen LogP contribution in [0, 0.1) is 0 Å². The molecule has 0 radical (unpaired) electrons.